The Bertz CT molecular complexity index is 3510. The number of para-hydroxylation sites is 4. The van der Waals surface area contributed by atoms with Crippen LogP contribution in [-0.2, 0) is 0 Å². The highest BCUT2D eigenvalue weighted by atomic mass is 32.3. The van der Waals surface area contributed by atoms with E-state index in [9.17, 15) is 0 Å². The maximum Gasteiger partial charge on any atom is 0.333 e. The van der Waals surface area contributed by atoms with Gasteiger partial charge in [-0.15, -0.1) is 10.0 Å². The molecule has 3 aliphatic rings. The molecule has 0 spiro atoms. The maximum absolute atomic E-state index is 7.13. The van der Waals surface area contributed by atoms with Gasteiger partial charge in [0, 0.05) is 63.1 Å². The van der Waals surface area contributed by atoms with Crippen LogP contribution in [0.1, 0.15) is 0 Å². The molecule has 0 saturated carbocycles. The van der Waals surface area contributed by atoms with E-state index >= 15 is 0 Å². The largest absolute Gasteiger partial charge is 0.454 e. The quantitative estimate of drug-likeness (QED) is 0.165. The van der Waals surface area contributed by atoms with Crippen LogP contribution >= 0.6 is 10.0 Å². The number of hydrogen-bond donors (Lipinski definition) is 0. The van der Waals surface area contributed by atoms with Crippen molar-refractivity contribution in [2.75, 3.05) is 4.90 Å². The Morgan fingerprint density at radius 2 is 1.12 bits per heavy atom. The molecule has 14 rings (SSSR count). The molecule has 0 unspecified atom stereocenters. The molecule has 0 N–H and O–H groups in total. The van der Waals surface area contributed by atoms with Crippen molar-refractivity contribution in [3.05, 3.63) is 188 Å². The van der Waals surface area contributed by atoms with Crippen molar-refractivity contribution in [3.63, 3.8) is 0 Å². The lowest BCUT2D eigenvalue weighted by atomic mass is 9.45. The lowest BCUT2D eigenvalue weighted by Gasteiger charge is -2.52. The lowest BCUT2D eigenvalue weighted by Crippen LogP contribution is -2.57. The Kier molecular flexibility index (Phi) is 5.67. The first-order chi connectivity index (χ1) is 28.3. The van der Waals surface area contributed by atoms with Crippen LogP contribution in [0.4, 0.5) is 17.1 Å². The Morgan fingerprint density at radius 3 is 1.96 bits per heavy atom. The Morgan fingerprint density at radius 1 is 0.456 bits per heavy atom. The second kappa shape index (κ2) is 10.7. The zero-order valence-electron chi connectivity index (χ0n) is 30.7. The summed E-state index contributed by atoms with van der Waals surface area (Å²) < 4.78 is 9.83. The van der Waals surface area contributed by atoms with Crippen molar-refractivity contribution >= 4 is 99.4 Å². The van der Waals surface area contributed by atoms with E-state index in [1.807, 2.05) is 0 Å². The smallest absolute Gasteiger partial charge is 0.333 e. The molecule has 0 radical (unpaired) electrons. The SMILES string of the molecule is c1ccc(S2(c3ccccc3)c3ccccc3N3c4c(cccc42)B2c4c(cc5c(oc6ccccc65)c43)-c3cccc4c5ccc6ccccc6c5n2c34)cc1. The first kappa shape index (κ1) is 30.3. The molecule has 0 aliphatic carbocycles. The minimum absolute atomic E-state index is 0.103. The first-order valence-corrected chi connectivity index (χ1v) is 21.3. The van der Waals surface area contributed by atoms with E-state index in [2.05, 4.69) is 197 Å². The monoisotopic (exact) mass is 742 g/mol. The van der Waals surface area contributed by atoms with E-state index in [0.717, 1.165) is 27.6 Å². The van der Waals surface area contributed by atoms with Crippen LogP contribution in [0.15, 0.2) is 212 Å². The molecule has 3 aliphatic heterocycles. The summed E-state index contributed by atoms with van der Waals surface area (Å²) in [6, 6.07) is 70.4. The summed E-state index contributed by atoms with van der Waals surface area (Å²) in [5.41, 5.74) is 13.2. The predicted octanol–water partition coefficient (Wildman–Crippen LogP) is 12.9. The van der Waals surface area contributed by atoms with Crippen LogP contribution in [0.5, 0.6) is 0 Å². The molecule has 2 aromatic heterocycles. The van der Waals surface area contributed by atoms with Gasteiger partial charge in [0.25, 0.3) is 0 Å². The molecule has 0 amide bonds. The van der Waals surface area contributed by atoms with Crippen molar-refractivity contribution in [1.29, 1.82) is 0 Å². The average molecular weight is 743 g/mol. The first-order valence-electron chi connectivity index (χ1n) is 19.7. The molecule has 0 bridgehead atoms. The average Bonchev–Trinajstić information content (AvgIpc) is 3.83. The number of fused-ring (bicyclic) bond motifs is 15. The number of benzene rings is 9. The highest BCUT2D eigenvalue weighted by Gasteiger charge is 2.51. The summed E-state index contributed by atoms with van der Waals surface area (Å²) in [4.78, 5) is 7.96. The molecular weight excluding hydrogens is 711 g/mol. The van der Waals surface area contributed by atoms with Crippen LogP contribution in [-0.4, -0.2) is 11.3 Å². The van der Waals surface area contributed by atoms with Gasteiger partial charge in [-0.25, -0.2) is 0 Å². The van der Waals surface area contributed by atoms with Gasteiger partial charge in [-0.3, -0.25) is 0 Å². The molecule has 5 heteroatoms. The normalized spacial score (nSPS) is 14.9. The third kappa shape index (κ3) is 3.54. The van der Waals surface area contributed by atoms with E-state index in [4.69, 9.17) is 4.42 Å². The maximum atomic E-state index is 7.13. The number of furan rings is 1. The molecular formula is C52H31BN2OS. The van der Waals surface area contributed by atoms with Gasteiger partial charge in [0.05, 0.1) is 17.1 Å². The fraction of sp³-hybridized carbons (Fsp3) is 0. The number of rotatable bonds is 2. The van der Waals surface area contributed by atoms with Crippen molar-refractivity contribution in [2.24, 2.45) is 0 Å². The summed E-state index contributed by atoms with van der Waals surface area (Å²) in [7, 11) is -1.97. The third-order valence-corrected chi connectivity index (χ3v) is 16.9. The zero-order chi connectivity index (χ0) is 37.0. The van der Waals surface area contributed by atoms with Crippen LogP contribution in [0.3, 0.4) is 0 Å². The Labute approximate surface area is 330 Å². The molecule has 57 heavy (non-hydrogen) atoms. The van der Waals surface area contributed by atoms with Crippen molar-refractivity contribution in [3.8, 4) is 11.1 Å². The summed E-state index contributed by atoms with van der Waals surface area (Å²) in [5.74, 6) is 0. The standard InChI is InChI=1S/C52H31BN2OS/c1-3-16-33(17-4-1)57(34-18-5-2-6-19-34)45-27-12-10-25-43(45)54-50-42(24-14-28-46(50)57)53-47-40(31-41-36-21-9-11-26-44(36)56-52(41)51(47)54)38-23-13-22-37-39-30-29-32-15-7-8-20-35(32)48(39)55(53)49(37)38/h1-31H. The Balaban J connectivity index is 1.24. The van der Waals surface area contributed by atoms with Gasteiger partial charge < -0.3 is 13.8 Å². The predicted molar refractivity (Wildman–Crippen MR) is 238 cm³/mol. The van der Waals surface area contributed by atoms with Crippen molar-refractivity contribution in [2.45, 2.75) is 19.6 Å². The van der Waals surface area contributed by atoms with E-state index < -0.39 is 10.0 Å². The second-order valence-electron chi connectivity index (χ2n) is 15.6. The Hall–Kier alpha value is -6.95. The summed E-state index contributed by atoms with van der Waals surface area (Å²) in [6.45, 7) is -0.103. The van der Waals surface area contributed by atoms with Gasteiger partial charge >= 0.3 is 6.85 Å². The fourth-order valence-electron chi connectivity index (χ4n) is 10.9. The highest BCUT2D eigenvalue weighted by Crippen LogP contribution is 2.79. The van der Waals surface area contributed by atoms with Gasteiger partial charge in [0.2, 0.25) is 0 Å². The topological polar surface area (TPSA) is 21.3 Å². The molecule has 9 aromatic carbocycles. The molecule has 264 valence electrons. The number of hydrogen-bond acceptors (Lipinski definition) is 2. The molecule has 0 atom stereocenters. The minimum Gasteiger partial charge on any atom is -0.454 e. The fourth-order valence-corrected chi connectivity index (χ4v) is 15.0. The van der Waals surface area contributed by atoms with Gasteiger partial charge in [-0.2, -0.15) is 0 Å². The number of aromatic nitrogens is 1. The summed E-state index contributed by atoms with van der Waals surface area (Å²) in [5, 5.41) is 7.41. The van der Waals surface area contributed by atoms with Crippen LogP contribution in [0, 0.1) is 0 Å². The van der Waals surface area contributed by atoms with E-state index in [0.29, 0.717) is 0 Å². The molecule has 11 aromatic rings. The third-order valence-electron chi connectivity index (χ3n) is 12.9. The molecule has 5 heterocycles. The van der Waals surface area contributed by atoms with Crippen LogP contribution in [0.2, 0.25) is 0 Å². The van der Waals surface area contributed by atoms with E-state index in [1.54, 1.807) is 0 Å². The molecule has 0 fully saturated rings. The van der Waals surface area contributed by atoms with Crippen LogP contribution in [0.25, 0.3) is 65.6 Å². The molecule has 3 nitrogen and oxygen atoms in total. The second-order valence-corrected chi connectivity index (χ2v) is 18.6. The van der Waals surface area contributed by atoms with Gasteiger partial charge in [0.1, 0.15) is 5.58 Å². The zero-order valence-corrected chi connectivity index (χ0v) is 31.5. The van der Waals surface area contributed by atoms with E-state index in [-0.39, 0.29) is 6.85 Å². The highest BCUT2D eigenvalue weighted by molar-refractivity contribution is 8.34. The molecule has 0 saturated heterocycles. The number of nitrogens with zero attached hydrogens (tertiary/aromatic N) is 2. The lowest BCUT2D eigenvalue weighted by molar-refractivity contribution is 0.669. The van der Waals surface area contributed by atoms with Gasteiger partial charge in [0.15, 0.2) is 5.58 Å². The number of anilines is 3. The minimum atomic E-state index is -1.97. The summed E-state index contributed by atoms with van der Waals surface area (Å²) in [6.07, 6.45) is 0. The van der Waals surface area contributed by atoms with Crippen molar-refractivity contribution in [1.82, 2.24) is 4.48 Å². The van der Waals surface area contributed by atoms with Gasteiger partial charge in [-0.05, 0) is 76.5 Å². The van der Waals surface area contributed by atoms with Gasteiger partial charge in [-0.1, -0.05) is 133 Å². The summed E-state index contributed by atoms with van der Waals surface area (Å²) >= 11 is 0. The van der Waals surface area contributed by atoms with Crippen molar-refractivity contribution < 1.29 is 4.42 Å². The van der Waals surface area contributed by atoms with Crippen LogP contribution < -0.4 is 15.8 Å². The van der Waals surface area contributed by atoms with E-state index in [1.165, 1.54) is 85.6 Å².